The first kappa shape index (κ1) is 36.0. The van der Waals surface area contributed by atoms with E-state index in [9.17, 15) is 0 Å². The summed E-state index contributed by atoms with van der Waals surface area (Å²) < 4.78 is 44.3. The lowest BCUT2D eigenvalue weighted by atomic mass is 9.79. The van der Waals surface area contributed by atoms with Gasteiger partial charge in [0.2, 0.25) is 3.79 Å². The molecule has 8 nitrogen and oxygen atoms in total. The van der Waals surface area contributed by atoms with Gasteiger partial charge >= 0.3 is 0 Å². The summed E-state index contributed by atoms with van der Waals surface area (Å²) in [6.45, 7) is 7.94. The number of hydrogen-bond donors (Lipinski definition) is 1. The van der Waals surface area contributed by atoms with Gasteiger partial charge in [0.25, 0.3) is 0 Å². The van der Waals surface area contributed by atoms with Crippen molar-refractivity contribution >= 4 is 40.5 Å². The highest BCUT2D eigenvalue weighted by Gasteiger charge is 2.60. The fourth-order valence-electron chi connectivity index (χ4n) is 7.58. The fraction of sp³-hybridized carbons (Fsp3) is 0.462. The van der Waals surface area contributed by atoms with Gasteiger partial charge in [0, 0.05) is 5.92 Å². The molecule has 0 radical (unpaired) electrons. The fourth-order valence-corrected chi connectivity index (χ4v) is 7.90. The van der Waals surface area contributed by atoms with Gasteiger partial charge < -0.3 is 38.6 Å². The molecule has 3 aromatic carbocycles. The molecule has 11 heteroatoms. The summed E-state index contributed by atoms with van der Waals surface area (Å²) in [5, 5.41) is 8.70. The van der Waals surface area contributed by atoms with Crippen LogP contribution in [0.15, 0.2) is 103 Å². The Bertz CT molecular complexity index is 1570. The third-order valence-corrected chi connectivity index (χ3v) is 10.4. The van der Waals surface area contributed by atoms with E-state index in [-0.39, 0.29) is 12.3 Å². The van der Waals surface area contributed by atoms with E-state index in [1.54, 1.807) is 6.08 Å². The molecule has 50 heavy (non-hydrogen) atoms. The maximum absolute atomic E-state index is 8.70. The highest BCUT2D eigenvalue weighted by Crippen LogP contribution is 2.47. The highest BCUT2D eigenvalue weighted by atomic mass is 35.6. The van der Waals surface area contributed by atoms with Crippen LogP contribution in [0.1, 0.15) is 44.4 Å². The predicted octanol–water partition coefficient (Wildman–Crippen LogP) is 7.76. The SMILES string of the molecule is CC1(C)O[C@@H]2[C@H](O1)[C@@H]([C@H]1C=C[C@@H](C(=N)C(Cl)(Cl)Cl)O[C@@H]1COC(c1ccccc1)(c1ccccc1)c1ccccc1)O[C@@H]1COC(C)(C)O[C@@H]21. The van der Waals surface area contributed by atoms with Crippen molar-refractivity contribution in [3.63, 3.8) is 0 Å². The second kappa shape index (κ2) is 13.9. The van der Waals surface area contributed by atoms with Crippen LogP contribution >= 0.6 is 34.8 Å². The maximum atomic E-state index is 8.70. The molecule has 0 aromatic heterocycles. The molecular formula is C39H42Cl3NO7. The molecule has 4 heterocycles. The lowest BCUT2D eigenvalue weighted by Crippen LogP contribution is -2.65. The van der Waals surface area contributed by atoms with Gasteiger partial charge in [-0.05, 0) is 44.4 Å². The first-order valence-corrected chi connectivity index (χ1v) is 18.0. The molecule has 266 valence electrons. The number of alkyl halides is 3. The van der Waals surface area contributed by atoms with Crippen molar-refractivity contribution in [2.45, 2.75) is 91.4 Å². The first-order valence-electron chi connectivity index (χ1n) is 16.9. The monoisotopic (exact) mass is 741 g/mol. The zero-order valence-electron chi connectivity index (χ0n) is 28.3. The van der Waals surface area contributed by atoms with Crippen LogP contribution in [0, 0.1) is 11.3 Å². The van der Waals surface area contributed by atoms with Crippen LogP contribution in [0.4, 0.5) is 0 Å². The number of ether oxygens (including phenoxy) is 7. The van der Waals surface area contributed by atoms with Crippen LogP contribution < -0.4 is 0 Å². The van der Waals surface area contributed by atoms with E-state index in [2.05, 4.69) is 36.4 Å². The van der Waals surface area contributed by atoms with E-state index < -0.39 is 69.6 Å². The van der Waals surface area contributed by atoms with Crippen LogP contribution in [0.2, 0.25) is 0 Å². The topological polar surface area (TPSA) is 88.5 Å². The summed E-state index contributed by atoms with van der Waals surface area (Å²) in [5.41, 5.74) is 1.59. The predicted molar refractivity (Wildman–Crippen MR) is 192 cm³/mol. The van der Waals surface area contributed by atoms with Crippen molar-refractivity contribution in [1.82, 2.24) is 0 Å². The van der Waals surface area contributed by atoms with E-state index in [4.69, 9.17) is 73.4 Å². The van der Waals surface area contributed by atoms with Crippen molar-refractivity contribution < 1.29 is 33.2 Å². The van der Waals surface area contributed by atoms with Crippen LogP contribution in [-0.4, -0.2) is 77.0 Å². The summed E-state index contributed by atoms with van der Waals surface area (Å²) in [6, 6.07) is 30.3. The van der Waals surface area contributed by atoms with Gasteiger partial charge in [0.15, 0.2) is 11.6 Å². The minimum absolute atomic E-state index is 0.0763. The quantitative estimate of drug-likeness (QED) is 0.109. The standard InChI is InChI=1S/C39H42Cl3NO7/c1-36(2)44-23-30-32(48-36)34-33(49-37(3,4)50-34)31(47-30)27-20-21-28(35(43)39(40,41)42)46-29(27)22-45-38(24-14-8-5-9-15-24,25-16-10-6-11-17-25)26-18-12-7-13-19-26/h5-21,27-34,43H,22-23H2,1-4H3/t27-,28-,29+,30+,31+,32+,33+,34-/m0/s1. The smallest absolute Gasteiger partial charge is 0.230 e. The minimum Gasteiger partial charge on any atom is -0.366 e. The molecule has 0 aliphatic carbocycles. The molecule has 3 fully saturated rings. The molecule has 0 unspecified atom stereocenters. The van der Waals surface area contributed by atoms with E-state index in [1.165, 1.54) is 0 Å². The zero-order valence-corrected chi connectivity index (χ0v) is 30.6. The second-order valence-corrected chi connectivity index (χ2v) is 16.3. The number of fused-ring (bicyclic) bond motifs is 3. The van der Waals surface area contributed by atoms with Crippen molar-refractivity contribution in [3.8, 4) is 0 Å². The van der Waals surface area contributed by atoms with Crippen LogP contribution in [0.5, 0.6) is 0 Å². The van der Waals surface area contributed by atoms with E-state index >= 15 is 0 Å². The summed E-state index contributed by atoms with van der Waals surface area (Å²) in [6.07, 6.45) is -0.201. The number of hydrogen-bond acceptors (Lipinski definition) is 8. The van der Waals surface area contributed by atoms with Crippen molar-refractivity contribution in [2.24, 2.45) is 5.92 Å². The number of benzene rings is 3. The Morgan fingerprint density at radius 1 is 0.700 bits per heavy atom. The van der Waals surface area contributed by atoms with Gasteiger partial charge in [-0.3, -0.25) is 0 Å². The van der Waals surface area contributed by atoms with Gasteiger partial charge in [0.05, 0.1) is 31.1 Å². The molecule has 0 saturated carbocycles. The summed E-state index contributed by atoms with van der Waals surface area (Å²) in [5.74, 6) is -2.11. The largest absolute Gasteiger partial charge is 0.366 e. The van der Waals surface area contributed by atoms with Crippen LogP contribution in [-0.2, 0) is 38.8 Å². The molecule has 1 N–H and O–H groups in total. The van der Waals surface area contributed by atoms with Crippen molar-refractivity contribution in [1.29, 1.82) is 5.41 Å². The van der Waals surface area contributed by atoms with E-state index in [1.807, 2.05) is 88.4 Å². The second-order valence-electron chi connectivity index (χ2n) is 14.1. The van der Waals surface area contributed by atoms with Crippen molar-refractivity contribution in [3.05, 3.63) is 120 Å². The Morgan fingerprint density at radius 3 is 1.72 bits per heavy atom. The average Bonchev–Trinajstić information content (AvgIpc) is 3.44. The maximum Gasteiger partial charge on any atom is 0.230 e. The van der Waals surface area contributed by atoms with Gasteiger partial charge in [-0.25, -0.2) is 0 Å². The molecule has 4 aliphatic heterocycles. The number of halogens is 3. The third-order valence-electron chi connectivity index (χ3n) is 9.76. The Balaban J connectivity index is 1.29. The van der Waals surface area contributed by atoms with E-state index in [0.717, 1.165) is 16.7 Å². The number of rotatable bonds is 8. The van der Waals surface area contributed by atoms with Crippen molar-refractivity contribution in [2.75, 3.05) is 13.2 Å². The Kier molecular flexibility index (Phi) is 10.0. The molecule has 0 bridgehead atoms. The van der Waals surface area contributed by atoms with E-state index in [0.29, 0.717) is 6.61 Å². The van der Waals surface area contributed by atoms with Gasteiger partial charge in [-0.1, -0.05) is 138 Å². The zero-order chi connectivity index (χ0) is 35.3. The van der Waals surface area contributed by atoms with Gasteiger partial charge in [-0.15, -0.1) is 0 Å². The number of nitrogens with one attached hydrogen (secondary N) is 1. The molecule has 3 saturated heterocycles. The Morgan fingerprint density at radius 2 is 1.20 bits per heavy atom. The van der Waals surface area contributed by atoms with Crippen LogP contribution in [0.3, 0.4) is 0 Å². The molecule has 0 amide bonds. The summed E-state index contributed by atoms with van der Waals surface area (Å²) in [4.78, 5) is 0. The normalized spacial score (nSPS) is 31.8. The molecule has 7 rings (SSSR count). The third kappa shape index (κ3) is 7.05. The molecular weight excluding hydrogens is 701 g/mol. The first-order chi connectivity index (χ1) is 23.8. The lowest BCUT2D eigenvalue weighted by Gasteiger charge is -2.51. The highest BCUT2D eigenvalue weighted by molar-refractivity contribution is 6.77. The molecule has 8 atom stereocenters. The molecule has 4 aliphatic rings. The summed E-state index contributed by atoms with van der Waals surface area (Å²) >= 11 is 18.6. The lowest BCUT2D eigenvalue weighted by molar-refractivity contribution is -0.352. The van der Waals surface area contributed by atoms with Crippen LogP contribution in [0.25, 0.3) is 0 Å². The molecule has 0 spiro atoms. The minimum atomic E-state index is -1.97. The average molecular weight is 743 g/mol. The Labute approximate surface area is 308 Å². The van der Waals surface area contributed by atoms with Gasteiger partial charge in [0.1, 0.15) is 36.1 Å². The van der Waals surface area contributed by atoms with Gasteiger partial charge in [-0.2, -0.15) is 0 Å². The molecule has 3 aromatic rings. The Hall–Kier alpha value is -2.34. The summed E-state index contributed by atoms with van der Waals surface area (Å²) in [7, 11) is 0.